The lowest BCUT2D eigenvalue weighted by molar-refractivity contribution is -0.140. The van der Waals surface area contributed by atoms with Crippen LogP contribution in [0.2, 0.25) is 5.02 Å². The fourth-order valence-electron chi connectivity index (χ4n) is 4.59. The van der Waals surface area contributed by atoms with Gasteiger partial charge in [-0.05, 0) is 33.3 Å². The molecule has 1 amide bonds. The summed E-state index contributed by atoms with van der Waals surface area (Å²) in [7, 11) is 0. The number of amides is 1. The molecule has 1 aliphatic rings. The van der Waals surface area contributed by atoms with Crippen LogP contribution in [0.5, 0.6) is 0 Å². The molecule has 38 heavy (non-hydrogen) atoms. The van der Waals surface area contributed by atoms with Crippen LogP contribution in [0.1, 0.15) is 57.5 Å². The first-order chi connectivity index (χ1) is 17.9. The number of imidazole rings is 1. The molecule has 0 spiro atoms. The molecule has 0 saturated heterocycles. The molecule has 0 bridgehead atoms. The van der Waals surface area contributed by atoms with E-state index in [4.69, 9.17) is 16.7 Å². The summed E-state index contributed by atoms with van der Waals surface area (Å²) in [6.07, 6.45) is -1.60. The minimum absolute atomic E-state index is 0.0401. The molecule has 0 fully saturated rings. The van der Waals surface area contributed by atoms with Crippen LogP contribution in [-0.4, -0.2) is 35.0 Å². The summed E-state index contributed by atoms with van der Waals surface area (Å²) in [4.78, 5) is 18.4. The van der Waals surface area contributed by atoms with Crippen molar-refractivity contribution in [1.82, 2.24) is 29.1 Å². The van der Waals surface area contributed by atoms with Gasteiger partial charge in [0, 0.05) is 36.3 Å². The van der Waals surface area contributed by atoms with Gasteiger partial charge in [-0.3, -0.25) is 14.4 Å². The average molecular weight is 546 g/mol. The first kappa shape index (κ1) is 26.0. The standard InChI is InChI=1S/C26H27ClF3N7O/c1-15(2)34-14-21(26(28,29)30)32-25(34)18-7-5-17(6-8-18)13-35-22-11-20(33-36(22)10-9-23(35)38)24-19(27)12-31-37(24)16(3)4/h5-8,11-12,14-16H,9-10,13H2,1-4H3. The Morgan fingerprint density at radius 3 is 2.42 bits per heavy atom. The van der Waals surface area contributed by atoms with E-state index < -0.39 is 11.9 Å². The number of rotatable bonds is 6. The van der Waals surface area contributed by atoms with Gasteiger partial charge in [-0.1, -0.05) is 35.9 Å². The van der Waals surface area contributed by atoms with Crippen molar-refractivity contribution < 1.29 is 18.0 Å². The number of carbonyl (C=O) groups is 1. The zero-order valence-corrected chi connectivity index (χ0v) is 22.1. The first-order valence-corrected chi connectivity index (χ1v) is 12.7. The first-order valence-electron chi connectivity index (χ1n) is 12.3. The van der Waals surface area contributed by atoms with Crippen molar-refractivity contribution in [1.29, 1.82) is 0 Å². The zero-order valence-electron chi connectivity index (χ0n) is 21.4. The van der Waals surface area contributed by atoms with E-state index in [1.165, 1.54) is 4.57 Å². The minimum Gasteiger partial charge on any atom is -0.328 e. The van der Waals surface area contributed by atoms with E-state index in [0.29, 0.717) is 40.8 Å². The van der Waals surface area contributed by atoms with Crippen LogP contribution >= 0.6 is 11.6 Å². The highest BCUT2D eigenvalue weighted by Crippen LogP contribution is 2.35. The number of anilines is 1. The number of hydrogen-bond acceptors (Lipinski definition) is 4. The van der Waals surface area contributed by atoms with Gasteiger partial charge in [0.05, 0.1) is 24.3 Å². The van der Waals surface area contributed by atoms with E-state index in [1.807, 2.05) is 19.9 Å². The van der Waals surface area contributed by atoms with Crippen LogP contribution in [0.25, 0.3) is 22.8 Å². The van der Waals surface area contributed by atoms with Gasteiger partial charge in [0.2, 0.25) is 5.91 Å². The summed E-state index contributed by atoms with van der Waals surface area (Å²) >= 11 is 6.42. The largest absolute Gasteiger partial charge is 0.434 e. The van der Waals surface area contributed by atoms with E-state index in [-0.39, 0.29) is 30.4 Å². The van der Waals surface area contributed by atoms with Crippen molar-refractivity contribution in [3.8, 4) is 22.8 Å². The molecule has 4 aromatic rings. The number of fused-ring (bicyclic) bond motifs is 1. The summed E-state index contributed by atoms with van der Waals surface area (Å²) in [5, 5.41) is 9.53. The highest BCUT2D eigenvalue weighted by Gasteiger charge is 2.35. The lowest BCUT2D eigenvalue weighted by Gasteiger charge is -2.27. The second kappa shape index (κ2) is 9.61. The molecule has 0 atom stereocenters. The average Bonchev–Trinajstić information content (AvgIpc) is 3.57. The van der Waals surface area contributed by atoms with Crippen LogP contribution in [0.4, 0.5) is 19.0 Å². The van der Waals surface area contributed by atoms with E-state index >= 15 is 0 Å². The van der Waals surface area contributed by atoms with Crippen LogP contribution in [0.3, 0.4) is 0 Å². The third-order valence-electron chi connectivity index (χ3n) is 6.49. The smallest absolute Gasteiger partial charge is 0.328 e. The number of nitrogens with zero attached hydrogens (tertiary/aromatic N) is 7. The molecule has 0 N–H and O–H groups in total. The molecule has 3 aromatic heterocycles. The zero-order chi connectivity index (χ0) is 27.4. The predicted octanol–water partition coefficient (Wildman–Crippen LogP) is 6.38. The lowest BCUT2D eigenvalue weighted by Crippen LogP contribution is -2.36. The Morgan fingerprint density at radius 1 is 1.08 bits per heavy atom. The summed E-state index contributed by atoms with van der Waals surface area (Å²) in [6.45, 7) is 8.35. The Kier molecular flexibility index (Phi) is 6.58. The maximum Gasteiger partial charge on any atom is 0.434 e. The van der Waals surface area contributed by atoms with E-state index in [9.17, 15) is 18.0 Å². The maximum atomic E-state index is 13.3. The fourth-order valence-corrected chi connectivity index (χ4v) is 4.82. The molecule has 8 nitrogen and oxygen atoms in total. The molecular weight excluding hydrogens is 519 g/mol. The Bertz CT molecular complexity index is 1480. The molecule has 1 aliphatic heterocycles. The van der Waals surface area contributed by atoms with Crippen molar-refractivity contribution in [2.24, 2.45) is 0 Å². The SMILES string of the molecule is CC(C)n1cc(C(F)(F)F)nc1-c1ccc(CN2C(=O)CCn3nc(-c4c(Cl)cnn4C(C)C)cc32)cc1. The van der Waals surface area contributed by atoms with E-state index in [2.05, 4.69) is 10.1 Å². The third kappa shape index (κ3) is 4.70. The van der Waals surface area contributed by atoms with Gasteiger partial charge >= 0.3 is 6.18 Å². The lowest BCUT2D eigenvalue weighted by atomic mass is 10.1. The molecule has 12 heteroatoms. The number of alkyl halides is 3. The Balaban J connectivity index is 1.44. The molecule has 0 radical (unpaired) electrons. The Labute approximate surface area is 222 Å². The van der Waals surface area contributed by atoms with Gasteiger partial charge in [-0.25, -0.2) is 9.67 Å². The third-order valence-corrected chi connectivity index (χ3v) is 6.76. The molecule has 4 heterocycles. The van der Waals surface area contributed by atoms with Crippen molar-refractivity contribution in [2.45, 2.75) is 65.5 Å². The van der Waals surface area contributed by atoms with Crippen LogP contribution in [0.15, 0.2) is 42.7 Å². The number of carbonyl (C=O) groups excluding carboxylic acids is 1. The quantitative estimate of drug-likeness (QED) is 0.282. The number of aromatic nitrogens is 6. The number of aryl methyl sites for hydroxylation is 1. The molecular formula is C26H27ClF3N7O. The predicted molar refractivity (Wildman–Crippen MR) is 138 cm³/mol. The molecule has 0 saturated carbocycles. The summed E-state index contributed by atoms with van der Waals surface area (Å²) in [6, 6.07) is 8.78. The van der Waals surface area contributed by atoms with Gasteiger partial charge in [0.25, 0.3) is 0 Å². The Hall–Kier alpha value is -3.60. The highest BCUT2D eigenvalue weighted by atomic mass is 35.5. The number of hydrogen-bond donors (Lipinski definition) is 0. The summed E-state index contributed by atoms with van der Waals surface area (Å²) in [5.74, 6) is 0.856. The molecule has 5 rings (SSSR count). The van der Waals surface area contributed by atoms with E-state index in [0.717, 1.165) is 11.8 Å². The van der Waals surface area contributed by atoms with Gasteiger partial charge < -0.3 is 4.57 Å². The van der Waals surface area contributed by atoms with Crippen molar-refractivity contribution in [3.63, 3.8) is 0 Å². The second-order valence-electron chi connectivity index (χ2n) is 9.87. The molecule has 0 unspecified atom stereocenters. The van der Waals surface area contributed by atoms with Gasteiger partial charge in [0.15, 0.2) is 5.69 Å². The van der Waals surface area contributed by atoms with Crippen molar-refractivity contribution >= 4 is 23.3 Å². The number of benzene rings is 1. The minimum atomic E-state index is -4.53. The molecule has 0 aliphatic carbocycles. The molecule has 1 aromatic carbocycles. The van der Waals surface area contributed by atoms with Crippen LogP contribution < -0.4 is 4.90 Å². The number of halogens is 4. The van der Waals surface area contributed by atoms with Gasteiger partial charge in [0.1, 0.15) is 23.0 Å². The fraction of sp³-hybridized carbons (Fsp3) is 0.385. The van der Waals surface area contributed by atoms with Crippen molar-refractivity contribution in [2.75, 3.05) is 4.90 Å². The van der Waals surface area contributed by atoms with Crippen LogP contribution in [0, 0.1) is 0 Å². The van der Waals surface area contributed by atoms with Gasteiger partial charge in [-0.15, -0.1) is 0 Å². The van der Waals surface area contributed by atoms with Crippen molar-refractivity contribution in [3.05, 3.63) is 59.0 Å². The maximum absolute atomic E-state index is 13.3. The molecule has 200 valence electrons. The van der Waals surface area contributed by atoms with Gasteiger partial charge in [-0.2, -0.15) is 23.4 Å². The normalized spacial score (nSPS) is 14.2. The summed E-state index contributed by atoms with van der Waals surface area (Å²) < 4.78 is 45.0. The monoisotopic (exact) mass is 545 g/mol. The topological polar surface area (TPSA) is 73.8 Å². The summed E-state index contributed by atoms with van der Waals surface area (Å²) in [5.41, 5.74) is 1.78. The highest BCUT2D eigenvalue weighted by molar-refractivity contribution is 6.33. The second-order valence-corrected chi connectivity index (χ2v) is 10.3. The van der Waals surface area contributed by atoms with E-state index in [1.54, 1.807) is 58.6 Å². The Morgan fingerprint density at radius 2 is 1.79 bits per heavy atom. The van der Waals surface area contributed by atoms with Crippen LogP contribution in [-0.2, 0) is 24.1 Å².